The maximum atomic E-state index is 14.6. The lowest BCUT2D eigenvalue weighted by molar-refractivity contribution is -0.120. The number of nitrogens with one attached hydrogen (secondary N) is 1. The minimum absolute atomic E-state index is 0.106. The zero-order chi connectivity index (χ0) is 23.7. The van der Waals surface area contributed by atoms with Crippen LogP contribution in [0.2, 0.25) is 5.02 Å². The summed E-state index contributed by atoms with van der Waals surface area (Å²) in [7, 11) is 0. The lowest BCUT2D eigenvalue weighted by atomic mass is 10.0. The van der Waals surface area contributed by atoms with Crippen LogP contribution >= 0.6 is 11.6 Å². The number of benzene rings is 2. The van der Waals surface area contributed by atoms with Crippen molar-refractivity contribution in [1.29, 1.82) is 0 Å². The van der Waals surface area contributed by atoms with E-state index in [-0.39, 0.29) is 36.7 Å². The summed E-state index contributed by atoms with van der Waals surface area (Å²) in [6.07, 6.45) is 0.323. The maximum Gasteiger partial charge on any atom is 0.267 e. The van der Waals surface area contributed by atoms with Crippen LogP contribution in [-0.2, 0) is 11.2 Å². The van der Waals surface area contributed by atoms with Crippen LogP contribution in [0.4, 0.5) is 10.1 Å². The molecule has 7 nitrogen and oxygen atoms in total. The van der Waals surface area contributed by atoms with Gasteiger partial charge in [0.1, 0.15) is 12.4 Å². The molecule has 2 amide bonds. The number of anilines is 1. The van der Waals surface area contributed by atoms with E-state index in [9.17, 15) is 18.8 Å². The molecule has 3 aromatic rings. The number of rotatable bonds is 4. The van der Waals surface area contributed by atoms with E-state index in [0.29, 0.717) is 34.0 Å². The van der Waals surface area contributed by atoms with Gasteiger partial charge in [-0.2, -0.15) is 5.10 Å². The number of hydrogen-bond donors (Lipinski definition) is 1. The van der Waals surface area contributed by atoms with Crippen LogP contribution < -0.4 is 10.5 Å². The molecule has 2 heterocycles. The second-order valence-corrected chi connectivity index (χ2v) is 8.37. The normalized spacial score (nSPS) is 14.0. The molecule has 0 aliphatic carbocycles. The van der Waals surface area contributed by atoms with Crippen molar-refractivity contribution in [3.8, 4) is 0 Å². The van der Waals surface area contributed by atoms with Crippen LogP contribution in [0, 0.1) is 19.7 Å². The first-order valence-electron chi connectivity index (χ1n) is 10.4. The fourth-order valence-corrected chi connectivity index (χ4v) is 4.06. The molecule has 1 aromatic heterocycles. The van der Waals surface area contributed by atoms with Gasteiger partial charge in [0.05, 0.1) is 22.0 Å². The number of piperazine rings is 1. The molecule has 0 atom stereocenters. The highest BCUT2D eigenvalue weighted by molar-refractivity contribution is 6.33. The van der Waals surface area contributed by atoms with Gasteiger partial charge < -0.3 is 9.80 Å². The Morgan fingerprint density at radius 3 is 2.61 bits per heavy atom. The van der Waals surface area contributed by atoms with Gasteiger partial charge in [-0.05, 0) is 49.2 Å². The SMILES string of the molecule is Cc1c(Cc2ccc(F)c(C(=O)N3CCN(c4ccccc4Cl)C(=O)C3)c2)n[nH]c(=O)c1C. The summed E-state index contributed by atoms with van der Waals surface area (Å²) in [5.74, 6) is -1.50. The molecule has 0 radical (unpaired) electrons. The van der Waals surface area contributed by atoms with Gasteiger partial charge in [-0.1, -0.05) is 29.8 Å². The van der Waals surface area contributed by atoms with Gasteiger partial charge in [0.15, 0.2) is 0 Å². The largest absolute Gasteiger partial charge is 0.327 e. The van der Waals surface area contributed by atoms with E-state index < -0.39 is 11.7 Å². The molecule has 1 saturated heterocycles. The number of carbonyl (C=O) groups excluding carboxylic acids is 2. The number of hydrogen-bond acceptors (Lipinski definition) is 4. The molecule has 0 spiro atoms. The quantitative estimate of drug-likeness (QED) is 0.636. The molecule has 4 rings (SSSR count). The Bertz CT molecular complexity index is 1310. The molecular formula is C24H22ClFN4O3. The molecule has 9 heteroatoms. The van der Waals surface area contributed by atoms with Crippen molar-refractivity contribution in [2.45, 2.75) is 20.3 Å². The number of aromatic amines is 1. The molecular weight excluding hydrogens is 447 g/mol. The first kappa shape index (κ1) is 22.7. The topological polar surface area (TPSA) is 86.4 Å². The fraction of sp³-hybridized carbons (Fsp3) is 0.250. The maximum absolute atomic E-state index is 14.6. The number of halogens is 2. The molecule has 1 aliphatic rings. The van der Waals surface area contributed by atoms with Crippen molar-refractivity contribution < 1.29 is 14.0 Å². The predicted octanol–water partition coefficient (Wildman–Crippen LogP) is 3.26. The zero-order valence-corrected chi connectivity index (χ0v) is 18.9. The second-order valence-electron chi connectivity index (χ2n) is 7.96. The number of para-hydroxylation sites is 1. The fourth-order valence-electron chi connectivity index (χ4n) is 3.83. The first-order valence-corrected chi connectivity index (χ1v) is 10.8. The number of H-pyrrole nitrogens is 1. The third kappa shape index (κ3) is 4.52. The summed E-state index contributed by atoms with van der Waals surface area (Å²) in [6.45, 7) is 3.84. The van der Waals surface area contributed by atoms with Gasteiger partial charge in [0.25, 0.3) is 11.5 Å². The smallest absolute Gasteiger partial charge is 0.267 e. The van der Waals surface area contributed by atoms with Gasteiger partial charge in [0.2, 0.25) is 5.91 Å². The minimum atomic E-state index is -0.660. The number of nitrogens with zero attached hydrogens (tertiary/aromatic N) is 3. The van der Waals surface area contributed by atoms with Crippen molar-refractivity contribution >= 4 is 29.1 Å². The van der Waals surface area contributed by atoms with Gasteiger partial charge in [0, 0.05) is 25.1 Å². The van der Waals surface area contributed by atoms with E-state index in [1.807, 2.05) is 0 Å². The number of aromatic nitrogens is 2. The van der Waals surface area contributed by atoms with Crippen LogP contribution in [0.25, 0.3) is 0 Å². The summed E-state index contributed by atoms with van der Waals surface area (Å²) < 4.78 is 14.6. The molecule has 2 aromatic carbocycles. The summed E-state index contributed by atoms with van der Waals surface area (Å²) >= 11 is 6.20. The standard InChI is InChI=1S/C24H22ClFN4O3/c1-14-15(2)23(32)28-27-20(14)12-16-7-8-19(26)17(11-16)24(33)29-9-10-30(22(31)13-29)21-6-4-3-5-18(21)25/h3-8,11H,9-10,12-13H2,1-2H3,(H,28,32). The van der Waals surface area contributed by atoms with Crippen molar-refractivity contribution in [3.63, 3.8) is 0 Å². The monoisotopic (exact) mass is 468 g/mol. The third-order valence-electron chi connectivity index (χ3n) is 5.91. The minimum Gasteiger partial charge on any atom is -0.327 e. The van der Waals surface area contributed by atoms with Crippen molar-refractivity contribution in [2.75, 3.05) is 24.5 Å². The van der Waals surface area contributed by atoms with E-state index in [1.165, 1.54) is 21.9 Å². The van der Waals surface area contributed by atoms with E-state index >= 15 is 0 Å². The highest BCUT2D eigenvalue weighted by atomic mass is 35.5. The van der Waals surface area contributed by atoms with E-state index in [0.717, 1.165) is 5.56 Å². The number of amides is 2. The molecule has 1 aliphatic heterocycles. The van der Waals surface area contributed by atoms with Crippen LogP contribution in [0.1, 0.15) is 32.7 Å². The lowest BCUT2D eigenvalue weighted by Gasteiger charge is -2.34. The van der Waals surface area contributed by atoms with Crippen LogP contribution in [0.15, 0.2) is 47.3 Å². The highest BCUT2D eigenvalue weighted by Gasteiger charge is 2.30. The summed E-state index contributed by atoms with van der Waals surface area (Å²) in [5.41, 5.74) is 2.84. The second kappa shape index (κ2) is 9.15. The summed E-state index contributed by atoms with van der Waals surface area (Å²) in [6, 6.07) is 11.3. The Morgan fingerprint density at radius 1 is 1.12 bits per heavy atom. The average molecular weight is 469 g/mol. The van der Waals surface area contributed by atoms with E-state index in [1.54, 1.807) is 44.2 Å². The van der Waals surface area contributed by atoms with E-state index in [4.69, 9.17) is 11.6 Å². The van der Waals surface area contributed by atoms with Gasteiger partial charge in [-0.15, -0.1) is 0 Å². The van der Waals surface area contributed by atoms with Crippen molar-refractivity contribution in [1.82, 2.24) is 15.1 Å². The summed E-state index contributed by atoms with van der Waals surface area (Å²) in [4.78, 5) is 40.4. The third-order valence-corrected chi connectivity index (χ3v) is 6.23. The Morgan fingerprint density at radius 2 is 1.88 bits per heavy atom. The van der Waals surface area contributed by atoms with Gasteiger partial charge in [-0.25, -0.2) is 9.49 Å². The molecule has 33 heavy (non-hydrogen) atoms. The molecule has 1 fully saturated rings. The predicted molar refractivity (Wildman–Crippen MR) is 123 cm³/mol. The Labute approximate surface area is 194 Å². The van der Waals surface area contributed by atoms with Crippen LogP contribution in [0.5, 0.6) is 0 Å². The first-order chi connectivity index (χ1) is 15.8. The van der Waals surface area contributed by atoms with Crippen molar-refractivity contribution in [2.24, 2.45) is 0 Å². The lowest BCUT2D eigenvalue weighted by Crippen LogP contribution is -2.52. The Kier molecular flexibility index (Phi) is 6.29. The van der Waals surface area contributed by atoms with Crippen molar-refractivity contribution in [3.05, 3.63) is 91.6 Å². The average Bonchev–Trinajstić information content (AvgIpc) is 2.80. The van der Waals surface area contributed by atoms with E-state index in [2.05, 4.69) is 10.2 Å². The van der Waals surface area contributed by atoms with Crippen LogP contribution in [-0.4, -0.2) is 46.5 Å². The molecule has 170 valence electrons. The Hall–Kier alpha value is -3.52. The number of carbonyl (C=O) groups is 2. The Balaban J connectivity index is 1.53. The zero-order valence-electron chi connectivity index (χ0n) is 18.2. The highest BCUT2D eigenvalue weighted by Crippen LogP contribution is 2.27. The molecule has 0 bridgehead atoms. The molecule has 1 N–H and O–H groups in total. The van der Waals surface area contributed by atoms with Gasteiger partial charge >= 0.3 is 0 Å². The summed E-state index contributed by atoms with van der Waals surface area (Å²) in [5, 5.41) is 6.99. The molecule has 0 saturated carbocycles. The molecule has 0 unspecified atom stereocenters. The van der Waals surface area contributed by atoms with Crippen LogP contribution in [0.3, 0.4) is 0 Å². The van der Waals surface area contributed by atoms with Gasteiger partial charge in [-0.3, -0.25) is 14.4 Å².